The lowest BCUT2D eigenvalue weighted by molar-refractivity contribution is -0.122. The average Bonchev–Trinajstić information content (AvgIpc) is 2.73. The number of nitrogens with one attached hydrogen (secondary N) is 2. The molecule has 0 aliphatic rings. The highest BCUT2D eigenvalue weighted by Gasteiger charge is 2.22. The van der Waals surface area contributed by atoms with Crippen LogP contribution in [0.3, 0.4) is 0 Å². The lowest BCUT2D eigenvalue weighted by Crippen LogP contribution is -2.45. The zero-order valence-electron chi connectivity index (χ0n) is 16.4. The van der Waals surface area contributed by atoms with Crippen LogP contribution in [0, 0.1) is 0 Å². The highest BCUT2D eigenvalue weighted by Crippen LogP contribution is 2.19. The molecule has 6 nitrogen and oxygen atoms in total. The van der Waals surface area contributed by atoms with Crippen molar-refractivity contribution < 1.29 is 17.9 Å². The first-order valence-electron chi connectivity index (χ1n) is 9.31. The molecule has 152 valence electrons. The van der Waals surface area contributed by atoms with Crippen LogP contribution in [0.5, 0.6) is 5.75 Å². The summed E-state index contributed by atoms with van der Waals surface area (Å²) in [4.78, 5) is 12.4. The number of carbonyl (C=O) groups is 1. The zero-order chi connectivity index (χ0) is 20.9. The fraction of sp³-hybridized carbons (Fsp3) is 0.227. The number of hydrogen-bond donors (Lipinski definition) is 2. The molecule has 0 bridgehead atoms. The minimum atomic E-state index is -3.81. The number of hydrogen-bond acceptors (Lipinski definition) is 4. The quantitative estimate of drug-likeness (QED) is 0.596. The summed E-state index contributed by atoms with van der Waals surface area (Å²) in [7, 11) is -2.20. The molecule has 2 N–H and O–H groups in total. The van der Waals surface area contributed by atoms with Crippen LogP contribution in [-0.4, -0.2) is 34.0 Å². The molecule has 1 amide bonds. The average molecular weight is 413 g/mol. The van der Waals surface area contributed by atoms with E-state index in [1.165, 1.54) is 6.92 Å². The van der Waals surface area contributed by atoms with Gasteiger partial charge in [0.25, 0.3) is 0 Å². The van der Waals surface area contributed by atoms with E-state index in [1.54, 1.807) is 25.3 Å². The monoisotopic (exact) mass is 412 g/mol. The van der Waals surface area contributed by atoms with Gasteiger partial charge in [-0.3, -0.25) is 4.79 Å². The maximum absolute atomic E-state index is 12.6. The van der Waals surface area contributed by atoms with E-state index in [4.69, 9.17) is 4.74 Å². The molecular formula is C22H24N2O4S. The Morgan fingerprint density at radius 1 is 1.00 bits per heavy atom. The Kier molecular flexibility index (Phi) is 6.51. The number of rotatable bonds is 8. The topological polar surface area (TPSA) is 84.5 Å². The van der Waals surface area contributed by atoms with Crippen LogP contribution in [0.2, 0.25) is 0 Å². The van der Waals surface area contributed by atoms with E-state index >= 15 is 0 Å². The fourth-order valence-corrected chi connectivity index (χ4v) is 4.20. The van der Waals surface area contributed by atoms with Crippen LogP contribution < -0.4 is 14.8 Å². The second-order valence-corrected chi connectivity index (χ2v) is 8.46. The molecule has 0 heterocycles. The molecule has 0 fully saturated rings. The zero-order valence-corrected chi connectivity index (χ0v) is 17.2. The third-order valence-corrected chi connectivity index (χ3v) is 6.17. The molecule has 0 saturated heterocycles. The number of ether oxygens (including phenoxy) is 1. The van der Waals surface area contributed by atoms with Crippen LogP contribution in [0.15, 0.2) is 71.6 Å². The highest BCUT2D eigenvalue weighted by atomic mass is 32.2. The number of carbonyl (C=O) groups excluding carboxylic acids is 1. The summed E-state index contributed by atoms with van der Waals surface area (Å²) in [5.74, 6) is 0.400. The van der Waals surface area contributed by atoms with Crippen LogP contribution in [0.25, 0.3) is 10.8 Å². The molecule has 0 radical (unpaired) electrons. The van der Waals surface area contributed by atoms with Crippen LogP contribution in [0.4, 0.5) is 0 Å². The predicted molar refractivity (Wildman–Crippen MR) is 113 cm³/mol. The second-order valence-electron chi connectivity index (χ2n) is 6.74. The molecule has 0 aliphatic heterocycles. The van der Waals surface area contributed by atoms with Gasteiger partial charge in [-0.25, -0.2) is 8.42 Å². The summed E-state index contributed by atoms with van der Waals surface area (Å²) in [6.45, 7) is 1.94. The first kappa shape index (κ1) is 20.8. The standard InChI is InChI=1S/C22H24N2O4S/c1-16(22(25)23-14-13-17-7-10-20(28-2)11-8-17)24-29(26,27)21-12-9-18-5-3-4-6-19(18)15-21/h3-12,15-16,24H,13-14H2,1-2H3,(H,23,25)/t16-/m0/s1. The van der Waals surface area contributed by atoms with Crippen molar-refractivity contribution in [3.05, 3.63) is 72.3 Å². The first-order valence-corrected chi connectivity index (χ1v) is 10.8. The Hall–Kier alpha value is -2.90. The van der Waals surface area contributed by atoms with E-state index in [2.05, 4.69) is 10.0 Å². The molecule has 7 heteroatoms. The first-order chi connectivity index (χ1) is 13.9. The lowest BCUT2D eigenvalue weighted by atomic mass is 10.1. The molecule has 3 aromatic carbocycles. The summed E-state index contributed by atoms with van der Waals surface area (Å²) in [5.41, 5.74) is 1.05. The maximum atomic E-state index is 12.6. The van der Waals surface area contributed by atoms with Gasteiger partial charge in [-0.05, 0) is 53.9 Å². The molecule has 3 aromatic rings. The summed E-state index contributed by atoms with van der Waals surface area (Å²) < 4.78 is 32.8. The molecule has 0 aliphatic carbocycles. The van der Waals surface area contributed by atoms with Gasteiger partial charge in [0, 0.05) is 6.54 Å². The molecule has 3 rings (SSSR count). The van der Waals surface area contributed by atoms with Crippen molar-refractivity contribution in [3.8, 4) is 5.75 Å². The van der Waals surface area contributed by atoms with Gasteiger partial charge >= 0.3 is 0 Å². The van der Waals surface area contributed by atoms with Gasteiger partial charge in [0.05, 0.1) is 18.0 Å². The van der Waals surface area contributed by atoms with Gasteiger partial charge in [0.15, 0.2) is 0 Å². The van der Waals surface area contributed by atoms with Crippen molar-refractivity contribution in [3.63, 3.8) is 0 Å². The SMILES string of the molecule is COc1ccc(CCNC(=O)[C@H](C)NS(=O)(=O)c2ccc3ccccc3c2)cc1. The van der Waals surface area contributed by atoms with Gasteiger partial charge in [0.2, 0.25) is 15.9 Å². The number of benzene rings is 3. The minimum Gasteiger partial charge on any atom is -0.497 e. The van der Waals surface area contributed by atoms with E-state index in [0.29, 0.717) is 13.0 Å². The molecule has 29 heavy (non-hydrogen) atoms. The molecular weight excluding hydrogens is 388 g/mol. The second kappa shape index (κ2) is 9.07. The van der Waals surface area contributed by atoms with Crippen LogP contribution in [-0.2, 0) is 21.2 Å². The third kappa shape index (κ3) is 5.34. The van der Waals surface area contributed by atoms with Gasteiger partial charge in [-0.15, -0.1) is 0 Å². The van der Waals surface area contributed by atoms with E-state index in [-0.39, 0.29) is 10.8 Å². The van der Waals surface area contributed by atoms with Crippen molar-refractivity contribution in [2.75, 3.05) is 13.7 Å². The number of fused-ring (bicyclic) bond motifs is 1. The van der Waals surface area contributed by atoms with E-state index in [0.717, 1.165) is 22.1 Å². The number of amides is 1. The van der Waals surface area contributed by atoms with Gasteiger partial charge in [-0.1, -0.05) is 42.5 Å². The minimum absolute atomic E-state index is 0.133. The van der Waals surface area contributed by atoms with Crippen molar-refractivity contribution in [1.82, 2.24) is 10.0 Å². The Labute approximate surface area is 170 Å². The maximum Gasteiger partial charge on any atom is 0.241 e. The van der Waals surface area contributed by atoms with E-state index in [1.807, 2.05) is 48.5 Å². The Balaban J connectivity index is 1.57. The molecule has 1 atom stereocenters. The van der Waals surface area contributed by atoms with Gasteiger partial charge < -0.3 is 10.1 Å². The number of methoxy groups -OCH3 is 1. The summed E-state index contributed by atoms with van der Waals surface area (Å²) in [6.07, 6.45) is 0.639. The lowest BCUT2D eigenvalue weighted by Gasteiger charge is -2.15. The summed E-state index contributed by atoms with van der Waals surface area (Å²) >= 11 is 0. The highest BCUT2D eigenvalue weighted by molar-refractivity contribution is 7.89. The van der Waals surface area contributed by atoms with Crippen molar-refractivity contribution in [2.45, 2.75) is 24.3 Å². The van der Waals surface area contributed by atoms with Crippen molar-refractivity contribution in [1.29, 1.82) is 0 Å². The number of sulfonamides is 1. The van der Waals surface area contributed by atoms with Gasteiger partial charge in [0.1, 0.15) is 5.75 Å². The van der Waals surface area contributed by atoms with Crippen LogP contribution in [0.1, 0.15) is 12.5 Å². The summed E-state index contributed by atoms with van der Waals surface area (Å²) in [6, 6.07) is 19.1. The Morgan fingerprint density at radius 2 is 1.69 bits per heavy atom. The van der Waals surface area contributed by atoms with E-state index < -0.39 is 16.1 Å². The fourth-order valence-electron chi connectivity index (χ4n) is 2.96. The Bertz CT molecular complexity index is 1100. The molecule has 0 saturated carbocycles. The summed E-state index contributed by atoms with van der Waals surface area (Å²) in [5, 5.41) is 4.55. The smallest absolute Gasteiger partial charge is 0.241 e. The molecule has 0 spiro atoms. The van der Waals surface area contributed by atoms with Crippen molar-refractivity contribution in [2.24, 2.45) is 0 Å². The third-order valence-electron chi connectivity index (χ3n) is 4.63. The van der Waals surface area contributed by atoms with E-state index in [9.17, 15) is 13.2 Å². The molecule has 0 aromatic heterocycles. The normalized spacial score (nSPS) is 12.5. The molecule has 0 unspecified atom stereocenters. The largest absolute Gasteiger partial charge is 0.497 e. The van der Waals surface area contributed by atoms with Gasteiger partial charge in [-0.2, -0.15) is 4.72 Å². The van der Waals surface area contributed by atoms with Crippen molar-refractivity contribution >= 4 is 26.7 Å². The predicted octanol–water partition coefficient (Wildman–Crippen LogP) is 2.87. The van der Waals surface area contributed by atoms with Crippen LogP contribution >= 0.6 is 0 Å². The Morgan fingerprint density at radius 3 is 2.38 bits per heavy atom.